The first-order valence-corrected chi connectivity index (χ1v) is 11.3. The Labute approximate surface area is 196 Å². The second kappa shape index (κ2) is 8.86. The van der Waals surface area contributed by atoms with E-state index in [0.29, 0.717) is 38.7 Å². The maximum atomic E-state index is 13.0. The molecule has 0 unspecified atom stereocenters. The van der Waals surface area contributed by atoms with Crippen molar-refractivity contribution >= 4 is 60.6 Å². The molecule has 0 radical (unpaired) electrons. The normalized spacial score (nSPS) is 10.7. The Bertz CT molecular complexity index is 1360. The van der Waals surface area contributed by atoms with E-state index in [1.807, 2.05) is 43.3 Å². The molecule has 2 aromatic carbocycles. The number of rotatable bonds is 5. The fourth-order valence-corrected chi connectivity index (χ4v) is 4.62. The molecule has 0 spiro atoms. The number of nitrogens with two attached hydrogens (primary N) is 2. The van der Waals surface area contributed by atoms with Gasteiger partial charge < -0.3 is 21.5 Å². The number of nitrogen functional groups attached to an aromatic ring is 2. The van der Waals surface area contributed by atoms with Crippen molar-refractivity contribution in [3.8, 4) is 22.9 Å². The Kier molecular flexibility index (Phi) is 5.99. The molecule has 2 aromatic heterocycles. The van der Waals surface area contributed by atoms with E-state index < -0.39 is 0 Å². The van der Waals surface area contributed by atoms with Gasteiger partial charge in [0.05, 0.1) is 12.3 Å². The van der Waals surface area contributed by atoms with Gasteiger partial charge in [-0.2, -0.15) is 5.26 Å². The van der Waals surface area contributed by atoms with Gasteiger partial charge in [-0.3, -0.25) is 4.79 Å². The van der Waals surface area contributed by atoms with E-state index in [9.17, 15) is 10.1 Å². The van der Waals surface area contributed by atoms with Gasteiger partial charge in [0.15, 0.2) is 0 Å². The van der Waals surface area contributed by atoms with Gasteiger partial charge in [0.1, 0.15) is 32.9 Å². The maximum Gasteiger partial charge on any atom is 0.267 e. The van der Waals surface area contributed by atoms with E-state index >= 15 is 0 Å². The SMILES string of the molecule is CCOc1ccc(-c2c(C#N)c(N)nc3sc(C(=O)Nc4ccc(Br)cc4)c(N)c23)cc1. The molecular weight excluding hydrogens is 490 g/mol. The van der Waals surface area contributed by atoms with Crippen LogP contribution >= 0.6 is 27.3 Å². The Balaban J connectivity index is 1.84. The number of carbonyl (C=O) groups is 1. The van der Waals surface area contributed by atoms with Crippen LogP contribution in [0.15, 0.2) is 53.0 Å². The number of nitrogens with one attached hydrogen (secondary N) is 1. The number of hydrogen-bond acceptors (Lipinski definition) is 7. The summed E-state index contributed by atoms with van der Waals surface area (Å²) in [5.74, 6) is 0.438. The van der Waals surface area contributed by atoms with Crippen LogP contribution in [0.25, 0.3) is 21.3 Å². The molecule has 0 aliphatic heterocycles. The largest absolute Gasteiger partial charge is 0.494 e. The van der Waals surface area contributed by atoms with E-state index in [-0.39, 0.29) is 23.0 Å². The zero-order valence-electron chi connectivity index (χ0n) is 17.0. The summed E-state index contributed by atoms with van der Waals surface area (Å²) in [5, 5.41) is 13.1. The number of halogens is 1. The van der Waals surface area contributed by atoms with Crippen LogP contribution < -0.4 is 21.5 Å². The van der Waals surface area contributed by atoms with E-state index in [1.165, 1.54) is 0 Å². The van der Waals surface area contributed by atoms with E-state index in [2.05, 4.69) is 32.3 Å². The quantitative estimate of drug-likeness (QED) is 0.331. The molecule has 1 amide bonds. The molecule has 0 aliphatic rings. The molecule has 7 nitrogen and oxygen atoms in total. The highest BCUT2D eigenvalue weighted by atomic mass is 79.9. The van der Waals surface area contributed by atoms with Crippen molar-refractivity contribution in [1.29, 1.82) is 5.26 Å². The minimum atomic E-state index is -0.359. The topological polar surface area (TPSA) is 127 Å². The van der Waals surface area contributed by atoms with Gasteiger partial charge in [0.25, 0.3) is 5.91 Å². The number of anilines is 3. The van der Waals surface area contributed by atoms with E-state index in [4.69, 9.17) is 16.2 Å². The number of ether oxygens (including phenoxy) is 1. The van der Waals surface area contributed by atoms with Crippen LogP contribution in [0, 0.1) is 11.3 Å². The van der Waals surface area contributed by atoms with Crippen molar-refractivity contribution in [3.05, 3.63) is 63.4 Å². The zero-order chi connectivity index (χ0) is 22.8. The summed E-state index contributed by atoms with van der Waals surface area (Å²) in [6, 6.07) is 16.6. The van der Waals surface area contributed by atoms with Crippen LogP contribution in [0.3, 0.4) is 0 Å². The number of carbonyl (C=O) groups excluding carboxylic acids is 1. The fraction of sp³-hybridized carbons (Fsp3) is 0.0870. The fourth-order valence-electron chi connectivity index (χ4n) is 3.35. The van der Waals surface area contributed by atoms with Gasteiger partial charge in [0.2, 0.25) is 0 Å². The number of thiophene rings is 1. The number of nitriles is 1. The molecule has 0 bridgehead atoms. The highest BCUT2D eigenvalue weighted by Crippen LogP contribution is 2.43. The van der Waals surface area contributed by atoms with Crippen molar-refractivity contribution in [3.63, 3.8) is 0 Å². The molecule has 4 aromatic rings. The summed E-state index contributed by atoms with van der Waals surface area (Å²) in [5.41, 5.74) is 14.9. The van der Waals surface area contributed by atoms with Crippen LogP contribution in [0.2, 0.25) is 0 Å². The van der Waals surface area contributed by atoms with Crippen molar-refractivity contribution in [1.82, 2.24) is 4.98 Å². The van der Waals surface area contributed by atoms with Crippen LogP contribution in [0.1, 0.15) is 22.2 Å². The number of benzene rings is 2. The molecule has 160 valence electrons. The van der Waals surface area contributed by atoms with Gasteiger partial charge in [-0.1, -0.05) is 28.1 Å². The van der Waals surface area contributed by atoms with Crippen LogP contribution in [-0.4, -0.2) is 17.5 Å². The summed E-state index contributed by atoms with van der Waals surface area (Å²) in [6.45, 7) is 2.45. The highest BCUT2D eigenvalue weighted by Gasteiger charge is 2.24. The lowest BCUT2D eigenvalue weighted by molar-refractivity contribution is 0.103. The number of fused-ring (bicyclic) bond motifs is 1. The average Bonchev–Trinajstić information content (AvgIpc) is 3.11. The first-order valence-electron chi connectivity index (χ1n) is 9.64. The lowest BCUT2D eigenvalue weighted by Crippen LogP contribution is -2.11. The summed E-state index contributed by atoms with van der Waals surface area (Å²) in [6.07, 6.45) is 0. The third-order valence-electron chi connectivity index (χ3n) is 4.78. The number of nitrogens with zero attached hydrogens (tertiary/aromatic N) is 2. The highest BCUT2D eigenvalue weighted by molar-refractivity contribution is 9.10. The third kappa shape index (κ3) is 3.98. The predicted octanol–water partition coefficient (Wildman–Crippen LogP) is 5.41. The van der Waals surface area contributed by atoms with Crippen LogP contribution in [0.4, 0.5) is 17.2 Å². The summed E-state index contributed by atoms with van der Waals surface area (Å²) >= 11 is 4.51. The molecular formula is C23H18BrN5O2S. The minimum Gasteiger partial charge on any atom is -0.494 e. The second-order valence-corrected chi connectivity index (χ2v) is 8.72. The Hall–Kier alpha value is -3.61. The molecule has 0 saturated heterocycles. The molecule has 0 fully saturated rings. The van der Waals surface area contributed by atoms with Crippen molar-refractivity contribution in [2.75, 3.05) is 23.4 Å². The Morgan fingerprint density at radius 1 is 1.19 bits per heavy atom. The monoisotopic (exact) mass is 507 g/mol. The lowest BCUT2D eigenvalue weighted by atomic mass is 9.97. The summed E-state index contributed by atoms with van der Waals surface area (Å²) in [7, 11) is 0. The second-order valence-electron chi connectivity index (χ2n) is 6.80. The third-order valence-corrected chi connectivity index (χ3v) is 6.41. The van der Waals surface area contributed by atoms with Crippen LogP contribution in [0.5, 0.6) is 5.75 Å². The maximum absolute atomic E-state index is 13.0. The average molecular weight is 508 g/mol. The van der Waals surface area contributed by atoms with Gasteiger partial charge in [0, 0.05) is 21.1 Å². The van der Waals surface area contributed by atoms with Gasteiger partial charge >= 0.3 is 0 Å². The van der Waals surface area contributed by atoms with Gasteiger partial charge in [-0.05, 0) is 48.9 Å². The van der Waals surface area contributed by atoms with Crippen molar-refractivity contribution in [2.24, 2.45) is 0 Å². The molecule has 32 heavy (non-hydrogen) atoms. The van der Waals surface area contributed by atoms with Crippen molar-refractivity contribution in [2.45, 2.75) is 6.92 Å². The minimum absolute atomic E-state index is 0.0880. The molecule has 0 saturated carbocycles. The number of pyridine rings is 1. The zero-order valence-corrected chi connectivity index (χ0v) is 19.4. The summed E-state index contributed by atoms with van der Waals surface area (Å²) in [4.78, 5) is 18.1. The lowest BCUT2D eigenvalue weighted by Gasteiger charge is -2.11. The molecule has 9 heteroatoms. The smallest absolute Gasteiger partial charge is 0.267 e. The molecule has 4 rings (SSSR count). The predicted molar refractivity (Wildman–Crippen MR) is 132 cm³/mol. The number of aromatic nitrogens is 1. The van der Waals surface area contributed by atoms with E-state index in [1.54, 1.807) is 12.1 Å². The first-order chi connectivity index (χ1) is 15.4. The molecule has 0 atom stereocenters. The Morgan fingerprint density at radius 3 is 2.50 bits per heavy atom. The number of hydrogen-bond donors (Lipinski definition) is 3. The van der Waals surface area contributed by atoms with Gasteiger partial charge in [-0.25, -0.2) is 4.98 Å². The molecule has 2 heterocycles. The number of amides is 1. The standard InChI is InChI=1S/C23H18BrN5O2S/c1-2-31-15-9-3-12(4-10-15)17-16(11-25)21(27)29-23-18(17)19(26)20(32-23)22(30)28-14-7-5-13(24)6-8-14/h3-10H,2,26H2,1H3,(H2,27,29)(H,28,30). The summed E-state index contributed by atoms with van der Waals surface area (Å²) < 4.78 is 6.41. The van der Waals surface area contributed by atoms with E-state index in [0.717, 1.165) is 21.4 Å². The Morgan fingerprint density at radius 2 is 1.88 bits per heavy atom. The molecule has 5 N–H and O–H groups in total. The first kappa shape index (κ1) is 21.6. The van der Waals surface area contributed by atoms with Crippen molar-refractivity contribution < 1.29 is 9.53 Å². The van der Waals surface area contributed by atoms with Gasteiger partial charge in [-0.15, -0.1) is 11.3 Å². The van der Waals surface area contributed by atoms with Crippen LogP contribution in [-0.2, 0) is 0 Å². The molecule has 0 aliphatic carbocycles.